The number of hydrogen-bond donors (Lipinski definition) is 1. The van der Waals surface area contributed by atoms with E-state index in [1.54, 1.807) is 12.1 Å². The molecule has 1 aromatic rings. The Morgan fingerprint density at radius 3 is 2.00 bits per heavy atom. The maximum absolute atomic E-state index is 8.81. The van der Waals surface area contributed by atoms with Crippen molar-refractivity contribution in [3.05, 3.63) is 74.5 Å². The van der Waals surface area contributed by atoms with E-state index in [0.717, 1.165) is 5.56 Å². The van der Waals surface area contributed by atoms with Crippen LogP contribution in [0.15, 0.2) is 36.4 Å². The van der Waals surface area contributed by atoms with E-state index >= 15 is 0 Å². The molecule has 0 amide bonds. The molecule has 1 N–H and O–H groups in total. The summed E-state index contributed by atoms with van der Waals surface area (Å²) in [7, 11) is 0. The van der Waals surface area contributed by atoms with Gasteiger partial charge >= 0.3 is 22.6 Å². The molecule has 0 atom stereocenters. The van der Waals surface area contributed by atoms with Gasteiger partial charge in [-0.1, -0.05) is 12.1 Å². The van der Waals surface area contributed by atoms with Crippen LogP contribution >= 0.6 is 0 Å². The second-order valence-electron chi connectivity index (χ2n) is 2.80. The molecule has 1 aliphatic rings. The third kappa shape index (κ3) is 14.6. The van der Waals surface area contributed by atoms with Crippen molar-refractivity contribution in [3.8, 4) is 5.75 Å². The standard InChI is InChI=1S/C7H8O.C5H5.2CO.Fe/c1-6-3-2-4-7(8)5-6;1-2-4-5-3-1;2*1-2;/h2-5,8H,1H3;1-5H;;;/q;-1;;;. The first-order valence-corrected chi connectivity index (χ1v) is 4.62. The van der Waals surface area contributed by atoms with Crippen LogP contribution in [-0.4, -0.2) is 5.11 Å². The van der Waals surface area contributed by atoms with Gasteiger partial charge in [0.1, 0.15) is 5.75 Å². The molecule has 1 aliphatic carbocycles. The number of rotatable bonds is 0. The summed E-state index contributed by atoms with van der Waals surface area (Å²) in [5, 5.41) is 8.81. The summed E-state index contributed by atoms with van der Waals surface area (Å²) in [4.78, 5) is 0. The molecule has 0 saturated heterocycles. The van der Waals surface area contributed by atoms with Gasteiger partial charge in [0, 0.05) is 17.1 Å². The topological polar surface area (TPSA) is 60.0 Å². The second kappa shape index (κ2) is 18.0. The predicted octanol–water partition coefficient (Wildman–Crippen LogP) is 2.79. The van der Waals surface area contributed by atoms with Crippen molar-refractivity contribution in [2.75, 3.05) is 0 Å². The molecule has 0 aromatic heterocycles. The smallest absolute Gasteiger partial charge is 0 e. The molecule has 0 unspecified atom stereocenters. The average molecular weight is 285 g/mol. The van der Waals surface area contributed by atoms with E-state index in [0.29, 0.717) is 5.75 Å². The van der Waals surface area contributed by atoms with Crippen LogP contribution in [0.25, 0.3) is 0 Å². The van der Waals surface area contributed by atoms with Gasteiger partial charge in [-0.25, -0.2) is 18.6 Å². The zero-order chi connectivity index (χ0) is 13.5. The van der Waals surface area contributed by atoms with Crippen molar-refractivity contribution in [2.45, 2.75) is 6.92 Å². The third-order valence-corrected chi connectivity index (χ3v) is 1.56. The summed E-state index contributed by atoms with van der Waals surface area (Å²) >= 11 is 0. The van der Waals surface area contributed by atoms with Gasteiger partial charge in [-0.2, -0.15) is 0 Å². The summed E-state index contributed by atoms with van der Waals surface area (Å²) in [6, 6.07) is 7.15. The van der Waals surface area contributed by atoms with Gasteiger partial charge in [0.25, 0.3) is 0 Å². The van der Waals surface area contributed by atoms with Crippen LogP contribution in [0.5, 0.6) is 5.75 Å². The molecular formula is C14H13FeO3-. The van der Waals surface area contributed by atoms with E-state index in [2.05, 4.69) is 13.3 Å². The van der Waals surface area contributed by atoms with Crippen LogP contribution < -0.4 is 0 Å². The van der Waals surface area contributed by atoms with Gasteiger partial charge < -0.3 is 5.11 Å². The minimum Gasteiger partial charge on any atom is -0.231 e. The Morgan fingerprint density at radius 2 is 1.78 bits per heavy atom. The number of hydrogen-bond acceptors (Lipinski definition) is 1. The average Bonchev–Trinajstić information content (AvgIpc) is 2.93. The Kier molecular flexibility index (Phi) is 21.9. The summed E-state index contributed by atoms with van der Waals surface area (Å²) in [6.45, 7) is 10.9. The van der Waals surface area contributed by atoms with Crippen molar-refractivity contribution >= 4 is 0 Å². The van der Waals surface area contributed by atoms with Crippen molar-refractivity contribution in [3.63, 3.8) is 0 Å². The Morgan fingerprint density at radius 1 is 1.17 bits per heavy atom. The number of aryl methyl sites for hydroxylation is 1. The Labute approximate surface area is 119 Å². The van der Waals surface area contributed by atoms with Gasteiger partial charge in [-0.05, 0) is 24.6 Å². The molecule has 0 bridgehead atoms. The number of aromatic hydroxyl groups is 1. The van der Waals surface area contributed by atoms with Gasteiger partial charge in [-0.15, -0.1) is 12.8 Å². The molecule has 4 heteroatoms. The third-order valence-electron chi connectivity index (χ3n) is 1.56. The molecular weight excluding hydrogens is 272 g/mol. The molecule has 0 saturated carbocycles. The summed E-state index contributed by atoms with van der Waals surface area (Å²) < 4.78 is 15.0. The quantitative estimate of drug-likeness (QED) is 0.444. The van der Waals surface area contributed by atoms with Crippen LogP contribution in [0.1, 0.15) is 5.56 Å². The molecule has 1 aromatic carbocycles. The largest absolute Gasteiger partial charge is 0.231 e. The van der Waals surface area contributed by atoms with Gasteiger partial charge in [0.05, 0.1) is 0 Å². The van der Waals surface area contributed by atoms with Crippen molar-refractivity contribution in [1.82, 2.24) is 0 Å². The molecule has 96 valence electrons. The van der Waals surface area contributed by atoms with E-state index in [-0.39, 0.29) is 17.1 Å². The zero-order valence-electron chi connectivity index (χ0n) is 9.81. The maximum Gasteiger partial charge on any atom is 0 e. The van der Waals surface area contributed by atoms with Gasteiger partial charge in [0.15, 0.2) is 0 Å². The van der Waals surface area contributed by atoms with Crippen LogP contribution in [0.2, 0.25) is 0 Å². The zero-order valence-corrected chi connectivity index (χ0v) is 10.9. The molecule has 18 heavy (non-hydrogen) atoms. The first kappa shape index (κ1) is 21.9. The van der Waals surface area contributed by atoms with E-state index in [1.165, 1.54) is 0 Å². The number of benzene rings is 1. The molecule has 2 radical (unpaired) electrons. The van der Waals surface area contributed by atoms with Crippen LogP contribution in [-0.2, 0) is 26.4 Å². The van der Waals surface area contributed by atoms with E-state index in [4.69, 9.17) is 14.4 Å². The minimum atomic E-state index is 0. The number of phenolic OH excluding ortho intramolecular Hbond substituents is 1. The van der Waals surface area contributed by atoms with Crippen LogP contribution in [0.3, 0.4) is 0 Å². The summed E-state index contributed by atoms with van der Waals surface area (Å²) in [5.41, 5.74) is 1.09. The Balaban J connectivity index is -0.000000196. The van der Waals surface area contributed by atoms with Crippen LogP contribution in [0, 0.1) is 39.5 Å². The Hall–Kier alpha value is -1.37. The van der Waals surface area contributed by atoms with Crippen molar-refractivity contribution in [1.29, 1.82) is 0 Å². The van der Waals surface area contributed by atoms with E-state index in [1.807, 2.05) is 50.5 Å². The Bertz CT molecular complexity index is 327. The SMILES string of the molecule is Cc1cccc(O)c1.[C-]#[O+].[C-]#[O+].[CH]1[CH][CH-]C=C1.[Fe]. The normalized spacial score (nSPS) is 9.61. The van der Waals surface area contributed by atoms with E-state index < -0.39 is 0 Å². The summed E-state index contributed by atoms with van der Waals surface area (Å²) in [6.07, 6.45) is 10.0. The molecule has 0 heterocycles. The number of phenols is 1. The fourth-order valence-corrected chi connectivity index (χ4v) is 0.949. The van der Waals surface area contributed by atoms with Crippen molar-refractivity contribution < 1.29 is 31.5 Å². The fourth-order valence-electron chi connectivity index (χ4n) is 0.949. The monoisotopic (exact) mass is 285 g/mol. The number of allylic oxidation sites excluding steroid dienone is 2. The molecule has 0 spiro atoms. The van der Waals surface area contributed by atoms with Gasteiger partial charge in [0.2, 0.25) is 0 Å². The van der Waals surface area contributed by atoms with E-state index in [9.17, 15) is 0 Å². The molecule has 0 aliphatic heterocycles. The first-order chi connectivity index (χ1) is 8.29. The first-order valence-electron chi connectivity index (χ1n) is 4.62. The van der Waals surface area contributed by atoms with Crippen molar-refractivity contribution in [2.24, 2.45) is 0 Å². The second-order valence-corrected chi connectivity index (χ2v) is 2.80. The fraction of sp³-hybridized carbons (Fsp3) is 0.0714. The van der Waals surface area contributed by atoms with Gasteiger partial charge in [-0.3, -0.25) is 0 Å². The molecule has 3 nitrogen and oxygen atoms in total. The summed E-state index contributed by atoms with van der Waals surface area (Å²) in [5.74, 6) is 0.338. The predicted molar refractivity (Wildman–Crippen MR) is 62.7 cm³/mol. The molecule has 2 rings (SSSR count). The molecule has 0 fully saturated rings. The van der Waals surface area contributed by atoms with Crippen LogP contribution in [0.4, 0.5) is 0 Å². The maximum atomic E-state index is 8.81. The minimum absolute atomic E-state index is 0.